The van der Waals surface area contributed by atoms with Gasteiger partial charge in [-0.05, 0) is 32.8 Å². The van der Waals surface area contributed by atoms with Crippen molar-refractivity contribution in [2.45, 2.75) is 137 Å². The SMILES string of the molecule is CCCCCCCCCO/N=C/c1c2c(O)c3c(O)c(C)c4c(c3c1O)C(=O)C(C)(O/C=C/C(OC)C(C)C(OC(C)=O)C(C)C(O)C(C)C(O)C(C)/C=C/C=C(C)C(=O)N2)O4. The van der Waals surface area contributed by atoms with Crippen LogP contribution in [0.25, 0.3) is 10.8 Å². The summed E-state index contributed by atoms with van der Waals surface area (Å²) >= 11 is 0. The maximum absolute atomic E-state index is 14.4. The summed E-state index contributed by atoms with van der Waals surface area (Å²) < 4.78 is 23.6. The number of nitrogens with one attached hydrogen (secondary N) is 1. The van der Waals surface area contributed by atoms with Gasteiger partial charge in [-0.25, -0.2) is 0 Å². The lowest BCUT2D eigenvalue weighted by Crippen LogP contribution is -2.46. The normalized spacial score (nSPS) is 28.4. The highest BCUT2D eigenvalue weighted by molar-refractivity contribution is 6.23. The van der Waals surface area contributed by atoms with Crippen molar-refractivity contribution in [1.29, 1.82) is 0 Å². The number of ether oxygens (including phenoxy) is 4. The van der Waals surface area contributed by atoms with Crippen LogP contribution >= 0.6 is 0 Å². The van der Waals surface area contributed by atoms with Crippen LogP contribution < -0.4 is 10.1 Å². The molecule has 2 aromatic carbocycles. The van der Waals surface area contributed by atoms with Crippen molar-refractivity contribution in [3.8, 4) is 23.0 Å². The van der Waals surface area contributed by atoms with Gasteiger partial charge >= 0.3 is 11.8 Å². The number of fused-ring (bicyclic) bond motifs is 14. The molecule has 1 amide bonds. The fourth-order valence-corrected chi connectivity index (χ4v) is 8.14. The number of ketones is 1. The molecule has 5 rings (SSSR count). The van der Waals surface area contributed by atoms with E-state index in [1.807, 2.05) is 0 Å². The number of allylic oxidation sites excluding steroid dienone is 2. The van der Waals surface area contributed by atoms with E-state index in [9.17, 15) is 39.9 Å². The fraction of sp³-hybridized carbons (Fsp3) is 0.574. The van der Waals surface area contributed by atoms with Gasteiger partial charge in [-0.3, -0.25) is 14.4 Å². The van der Waals surface area contributed by atoms with Crippen LogP contribution in [0.4, 0.5) is 5.69 Å². The average molecular weight is 867 g/mol. The molecule has 342 valence electrons. The van der Waals surface area contributed by atoms with Crippen molar-refractivity contribution >= 4 is 40.3 Å². The number of aromatic hydroxyl groups is 3. The van der Waals surface area contributed by atoms with Crippen LogP contribution in [0.3, 0.4) is 0 Å². The van der Waals surface area contributed by atoms with Gasteiger partial charge in [0.2, 0.25) is 0 Å². The lowest BCUT2D eigenvalue weighted by molar-refractivity contribution is -0.160. The Morgan fingerprint density at radius 3 is 2.21 bits per heavy atom. The molecule has 0 fully saturated rings. The molecule has 0 saturated heterocycles. The first kappa shape index (κ1) is 49.5. The largest absolute Gasteiger partial charge is 0.507 e. The molecule has 6 N–H and O–H groups in total. The third-order valence-electron chi connectivity index (χ3n) is 12.1. The van der Waals surface area contributed by atoms with Crippen LogP contribution in [0.5, 0.6) is 23.0 Å². The zero-order valence-electron chi connectivity index (χ0n) is 37.7. The minimum Gasteiger partial charge on any atom is -0.507 e. The number of nitrogens with zero attached hydrogens (tertiary/aromatic N) is 1. The van der Waals surface area contributed by atoms with Crippen LogP contribution in [0, 0.1) is 30.6 Å². The van der Waals surface area contributed by atoms with Crippen LogP contribution in [0.15, 0.2) is 41.3 Å². The highest BCUT2D eigenvalue weighted by Gasteiger charge is 2.50. The molecule has 0 saturated carbocycles. The van der Waals surface area contributed by atoms with E-state index < -0.39 is 88.8 Å². The van der Waals surface area contributed by atoms with Crippen molar-refractivity contribution in [1.82, 2.24) is 0 Å². The van der Waals surface area contributed by atoms with E-state index in [0.29, 0.717) is 0 Å². The highest BCUT2D eigenvalue weighted by atomic mass is 16.7. The zero-order chi connectivity index (χ0) is 46.1. The van der Waals surface area contributed by atoms with Gasteiger partial charge in [0.1, 0.15) is 30.0 Å². The quantitative estimate of drug-likeness (QED) is 0.0299. The van der Waals surface area contributed by atoms with Crippen molar-refractivity contribution in [2.75, 3.05) is 19.0 Å². The number of phenols is 3. The van der Waals surface area contributed by atoms with Crippen LogP contribution in [-0.4, -0.2) is 93.3 Å². The first-order chi connectivity index (χ1) is 29.3. The number of aliphatic hydroxyl groups is 2. The Balaban J connectivity index is 1.87. The molecule has 0 aliphatic carbocycles. The maximum Gasteiger partial charge on any atom is 0.312 e. The van der Waals surface area contributed by atoms with E-state index in [-0.39, 0.29) is 51.1 Å². The van der Waals surface area contributed by atoms with Gasteiger partial charge in [0.05, 0.1) is 53.0 Å². The number of oxime groups is 1. The van der Waals surface area contributed by atoms with Gasteiger partial charge < -0.3 is 54.6 Å². The van der Waals surface area contributed by atoms with Gasteiger partial charge in [-0.1, -0.05) is 90.1 Å². The van der Waals surface area contributed by atoms with Gasteiger partial charge in [0, 0.05) is 61.2 Å². The van der Waals surface area contributed by atoms with E-state index in [1.165, 1.54) is 66.1 Å². The molecular formula is C47H66N2O13. The van der Waals surface area contributed by atoms with Crippen molar-refractivity contribution in [2.24, 2.45) is 28.8 Å². The number of Topliss-reactive ketones (excluding diaryl/α,β-unsaturated/α-hetero) is 1. The molecule has 5 bridgehead atoms. The lowest BCUT2D eigenvalue weighted by atomic mass is 9.78. The Bertz CT molecular complexity index is 2060. The summed E-state index contributed by atoms with van der Waals surface area (Å²) in [6, 6.07) is 0. The molecule has 9 unspecified atom stereocenters. The van der Waals surface area contributed by atoms with E-state index >= 15 is 0 Å². The van der Waals surface area contributed by atoms with Gasteiger partial charge in [0.15, 0.2) is 5.75 Å². The number of amides is 1. The molecule has 0 radical (unpaired) electrons. The molecule has 3 aliphatic rings. The number of phenolic OH excluding ortho intramolecular Hbond substituents is 3. The summed E-state index contributed by atoms with van der Waals surface area (Å²) in [7, 11) is 1.43. The van der Waals surface area contributed by atoms with E-state index in [1.54, 1.807) is 39.8 Å². The number of methoxy groups -OCH3 is 1. The number of hydrogen-bond donors (Lipinski definition) is 6. The Kier molecular flexibility index (Phi) is 17.4. The zero-order valence-corrected chi connectivity index (χ0v) is 37.7. The second-order valence-electron chi connectivity index (χ2n) is 16.8. The Morgan fingerprint density at radius 1 is 0.903 bits per heavy atom. The molecule has 3 aliphatic heterocycles. The summed E-state index contributed by atoms with van der Waals surface area (Å²) in [5, 5.41) is 64.4. The second-order valence-corrected chi connectivity index (χ2v) is 16.8. The van der Waals surface area contributed by atoms with Crippen LogP contribution in [-0.2, 0) is 28.6 Å². The number of hydrogen-bond acceptors (Lipinski definition) is 14. The Hall–Kier alpha value is -5.12. The van der Waals surface area contributed by atoms with Gasteiger partial charge in [-0.2, -0.15) is 0 Å². The molecule has 9 atom stereocenters. The number of carbonyl (C=O) groups excluding carboxylic acids is 3. The molecule has 15 nitrogen and oxygen atoms in total. The summed E-state index contributed by atoms with van der Waals surface area (Å²) in [5.74, 6) is -8.54. The third kappa shape index (κ3) is 10.9. The minimum absolute atomic E-state index is 0.0426. The Morgan fingerprint density at radius 2 is 1.56 bits per heavy atom. The smallest absolute Gasteiger partial charge is 0.312 e. The number of aliphatic hydroxyl groups excluding tert-OH is 2. The summed E-state index contributed by atoms with van der Waals surface area (Å²) in [5.41, 5.74) is -0.538. The summed E-state index contributed by atoms with van der Waals surface area (Å²) in [6.45, 7) is 14.9. The summed E-state index contributed by atoms with van der Waals surface area (Å²) in [4.78, 5) is 46.0. The molecule has 0 spiro atoms. The minimum atomic E-state index is -2.06. The van der Waals surface area contributed by atoms with Crippen LogP contribution in [0.1, 0.15) is 122 Å². The van der Waals surface area contributed by atoms with Crippen molar-refractivity contribution in [3.63, 3.8) is 0 Å². The van der Waals surface area contributed by atoms with E-state index in [0.717, 1.165) is 38.3 Å². The highest BCUT2D eigenvalue weighted by Crippen LogP contribution is 2.55. The Labute approximate surface area is 364 Å². The second kappa shape index (κ2) is 21.8. The van der Waals surface area contributed by atoms with Crippen molar-refractivity contribution < 1.29 is 63.7 Å². The van der Waals surface area contributed by atoms with Gasteiger partial charge in [0.25, 0.3) is 11.7 Å². The number of esters is 1. The number of benzene rings is 2. The number of rotatable bonds is 12. The average Bonchev–Trinajstić information content (AvgIpc) is 3.50. The summed E-state index contributed by atoms with van der Waals surface area (Å²) in [6.07, 6.45) is 12.0. The molecule has 0 aromatic heterocycles. The fourth-order valence-electron chi connectivity index (χ4n) is 8.14. The number of carbonyl (C=O) groups is 3. The number of anilines is 1. The first-order valence-electron chi connectivity index (χ1n) is 21.6. The molecule has 62 heavy (non-hydrogen) atoms. The maximum atomic E-state index is 14.4. The first-order valence-corrected chi connectivity index (χ1v) is 21.6. The lowest BCUT2D eigenvalue weighted by Gasteiger charge is -2.38. The molecule has 2 aromatic rings. The third-order valence-corrected chi connectivity index (χ3v) is 12.1. The predicted octanol–water partition coefficient (Wildman–Crippen LogP) is 7.86. The predicted molar refractivity (Wildman–Crippen MR) is 235 cm³/mol. The van der Waals surface area contributed by atoms with Crippen molar-refractivity contribution in [3.05, 3.63) is 52.8 Å². The number of unbranched alkanes of at least 4 members (excludes halogenated alkanes) is 6. The molecule has 15 heteroatoms. The molecule has 3 heterocycles. The van der Waals surface area contributed by atoms with Crippen LogP contribution in [0.2, 0.25) is 0 Å². The molecular weight excluding hydrogens is 801 g/mol. The van der Waals surface area contributed by atoms with E-state index in [4.69, 9.17) is 23.8 Å². The topological polar surface area (TPSA) is 223 Å². The monoisotopic (exact) mass is 866 g/mol. The van der Waals surface area contributed by atoms with E-state index in [2.05, 4.69) is 17.4 Å². The van der Waals surface area contributed by atoms with Gasteiger partial charge in [-0.15, -0.1) is 0 Å². The standard InChI is InChI=1S/C47H66N2O13/c1-11-12-13-14-15-16-17-22-60-48-24-32-37-42(55)35-34(41(32)54)36-44(30(7)40(35)53)62-47(9,45(36)56)59-23-21-33(58-10)27(4)43(61-31(8)50)29(6)39(52)28(5)38(51)25(2)19-18-20-26(3)46(57)49-37/h18-21,23-25,27-29,33,38-39,43,51-55H,11-17,22H2,1-10H3,(H,49,57)/b19-18+,23-21+,26-20?,48-24+.